The van der Waals surface area contributed by atoms with Crippen LogP contribution < -0.4 is 14.8 Å². The molecule has 0 saturated heterocycles. The van der Waals surface area contributed by atoms with Crippen molar-refractivity contribution in [2.24, 2.45) is 0 Å². The van der Waals surface area contributed by atoms with Gasteiger partial charge in [-0.25, -0.2) is 4.98 Å². The van der Waals surface area contributed by atoms with E-state index >= 15 is 0 Å². The number of pyridine rings is 1. The van der Waals surface area contributed by atoms with Crippen LogP contribution in [0.5, 0.6) is 11.5 Å². The molecule has 7 heteroatoms. The largest absolute Gasteiger partial charge is 0.493 e. The van der Waals surface area contributed by atoms with Gasteiger partial charge in [-0.15, -0.1) is 0 Å². The average molecular weight is 491 g/mol. The number of nitrogens with zero attached hydrogens (tertiary/aromatic N) is 3. The van der Waals surface area contributed by atoms with Crippen LogP contribution in [0.4, 0.5) is 5.82 Å². The van der Waals surface area contributed by atoms with Gasteiger partial charge in [-0.05, 0) is 54.7 Å². The number of fused-ring (bicyclic) bond motifs is 2. The summed E-state index contributed by atoms with van der Waals surface area (Å²) in [5.74, 6) is 2.14. The summed E-state index contributed by atoms with van der Waals surface area (Å²) in [4.78, 5) is 4.70. The van der Waals surface area contributed by atoms with Gasteiger partial charge < -0.3 is 14.8 Å². The molecule has 0 amide bonds. The standard InChI is InChI=1S/C25H23BrN4O2/c1-31-23-11-18-19(14-28-30-22(18)12-24(23)32-2)15-9-10-25(27-13-15)29-21-8-4-5-16-17(21)6-3-7-20(16)26/h3,6-7,9-14,21H,4-5,8H2,1-2H3,(H,27,29)/t21-/m0/s1. The molecule has 162 valence electrons. The Bertz CT molecular complexity index is 1280. The molecule has 1 atom stereocenters. The zero-order chi connectivity index (χ0) is 22.1. The lowest BCUT2D eigenvalue weighted by Gasteiger charge is -2.27. The number of rotatable bonds is 5. The molecule has 0 radical (unpaired) electrons. The number of ether oxygens (including phenoxy) is 2. The van der Waals surface area contributed by atoms with Crippen molar-refractivity contribution in [2.45, 2.75) is 25.3 Å². The maximum atomic E-state index is 5.47. The van der Waals surface area contributed by atoms with Gasteiger partial charge in [-0.2, -0.15) is 10.2 Å². The highest BCUT2D eigenvalue weighted by Crippen LogP contribution is 2.37. The van der Waals surface area contributed by atoms with Crippen molar-refractivity contribution in [3.05, 3.63) is 70.5 Å². The summed E-state index contributed by atoms with van der Waals surface area (Å²) in [5.41, 5.74) is 5.40. The lowest BCUT2D eigenvalue weighted by Crippen LogP contribution is -2.18. The molecule has 2 aromatic heterocycles. The molecule has 5 rings (SSSR count). The Morgan fingerprint density at radius 3 is 2.66 bits per heavy atom. The van der Waals surface area contributed by atoms with E-state index in [0.717, 1.165) is 47.1 Å². The molecular formula is C25H23BrN4O2. The van der Waals surface area contributed by atoms with E-state index in [1.54, 1.807) is 20.4 Å². The molecule has 1 aliphatic carbocycles. The molecule has 0 aliphatic heterocycles. The summed E-state index contributed by atoms with van der Waals surface area (Å²) < 4.78 is 12.1. The number of halogens is 1. The number of hydrogen-bond acceptors (Lipinski definition) is 6. The second kappa shape index (κ2) is 8.74. The van der Waals surface area contributed by atoms with Crippen molar-refractivity contribution in [3.8, 4) is 22.6 Å². The Labute approximate surface area is 195 Å². The van der Waals surface area contributed by atoms with Gasteiger partial charge in [-0.1, -0.05) is 28.1 Å². The highest BCUT2D eigenvalue weighted by molar-refractivity contribution is 9.10. The molecule has 2 heterocycles. The molecule has 6 nitrogen and oxygen atoms in total. The molecule has 1 N–H and O–H groups in total. The van der Waals surface area contributed by atoms with Crippen molar-refractivity contribution in [3.63, 3.8) is 0 Å². The fourth-order valence-corrected chi connectivity index (χ4v) is 4.97. The van der Waals surface area contributed by atoms with E-state index in [0.29, 0.717) is 11.5 Å². The third-order valence-electron chi connectivity index (χ3n) is 5.99. The Hall–Kier alpha value is -3.19. The molecule has 0 fully saturated rings. The number of aromatic nitrogens is 3. The van der Waals surface area contributed by atoms with Gasteiger partial charge in [0.25, 0.3) is 0 Å². The van der Waals surface area contributed by atoms with Crippen LogP contribution in [0.25, 0.3) is 22.0 Å². The fourth-order valence-electron chi connectivity index (χ4n) is 4.39. The molecule has 4 aromatic rings. The first-order valence-corrected chi connectivity index (χ1v) is 11.3. The number of benzene rings is 2. The second-order valence-corrected chi connectivity index (χ2v) is 8.67. The van der Waals surface area contributed by atoms with E-state index in [4.69, 9.17) is 14.5 Å². The van der Waals surface area contributed by atoms with Gasteiger partial charge in [0.1, 0.15) is 5.82 Å². The van der Waals surface area contributed by atoms with Crippen LogP contribution in [0.3, 0.4) is 0 Å². The van der Waals surface area contributed by atoms with E-state index < -0.39 is 0 Å². The van der Waals surface area contributed by atoms with Gasteiger partial charge in [0.2, 0.25) is 0 Å². The molecule has 0 saturated carbocycles. The minimum Gasteiger partial charge on any atom is -0.493 e. The van der Waals surface area contributed by atoms with Crippen molar-refractivity contribution in [1.82, 2.24) is 15.2 Å². The first-order valence-electron chi connectivity index (χ1n) is 10.6. The second-order valence-electron chi connectivity index (χ2n) is 7.81. The third kappa shape index (κ3) is 3.77. The maximum Gasteiger partial charge on any atom is 0.162 e. The van der Waals surface area contributed by atoms with Crippen LogP contribution in [-0.4, -0.2) is 29.4 Å². The van der Waals surface area contributed by atoms with Crippen LogP contribution >= 0.6 is 15.9 Å². The monoisotopic (exact) mass is 490 g/mol. The summed E-state index contributed by atoms with van der Waals surface area (Å²) in [5, 5.41) is 13.0. The first kappa shape index (κ1) is 20.7. The van der Waals surface area contributed by atoms with Crippen LogP contribution in [0, 0.1) is 0 Å². The van der Waals surface area contributed by atoms with Gasteiger partial charge >= 0.3 is 0 Å². The number of anilines is 1. The Morgan fingerprint density at radius 2 is 1.88 bits per heavy atom. The topological polar surface area (TPSA) is 69.2 Å². The zero-order valence-electron chi connectivity index (χ0n) is 17.9. The van der Waals surface area contributed by atoms with E-state index in [9.17, 15) is 0 Å². The number of hydrogen-bond donors (Lipinski definition) is 1. The smallest absolute Gasteiger partial charge is 0.162 e. The molecule has 2 aromatic carbocycles. The first-order chi connectivity index (χ1) is 15.7. The predicted octanol–water partition coefficient (Wildman–Crippen LogP) is 5.96. The van der Waals surface area contributed by atoms with Crippen LogP contribution in [0.1, 0.15) is 30.0 Å². The summed E-state index contributed by atoms with van der Waals surface area (Å²) >= 11 is 3.70. The minimum absolute atomic E-state index is 0.259. The van der Waals surface area contributed by atoms with E-state index in [1.807, 2.05) is 24.4 Å². The Balaban J connectivity index is 1.45. The number of methoxy groups -OCH3 is 2. The van der Waals surface area contributed by atoms with E-state index in [2.05, 4.69) is 55.7 Å². The lowest BCUT2D eigenvalue weighted by atomic mass is 9.88. The SMILES string of the molecule is COc1cc2nncc(-c3ccc(N[C@H]4CCCc5c(Br)cccc54)nc3)c2cc1OC. The molecular weight excluding hydrogens is 468 g/mol. The molecule has 0 spiro atoms. The zero-order valence-corrected chi connectivity index (χ0v) is 19.5. The van der Waals surface area contributed by atoms with Crippen LogP contribution in [0.15, 0.2) is 59.3 Å². The van der Waals surface area contributed by atoms with Gasteiger partial charge in [0, 0.05) is 33.2 Å². The van der Waals surface area contributed by atoms with Gasteiger partial charge in [0.05, 0.1) is 32.0 Å². The molecule has 32 heavy (non-hydrogen) atoms. The van der Waals surface area contributed by atoms with Gasteiger partial charge in [-0.3, -0.25) is 0 Å². The average Bonchev–Trinajstić information content (AvgIpc) is 2.84. The number of nitrogens with one attached hydrogen (secondary N) is 1. The summed E-state index contributed by atoms with van der Waals surface area (Å²) in [6.45, 7) is 0. The van der Waals surface area contributed by atoms with Crippen LogP contribution in [-0.2, 0) is 6.42 Å². The lowest BCUT2D eigenvalue weighted by molar-refractivity contribution is 0.356. The van der Waals surface area contributed by atoms with E-state index in [-0.39, 0.29) is 6.04 Å². The minimum atomic E-state index is 0.259. The molecule has 0 unspecified atom stereocenters. The van der Waals surface area contributed by atoms with Crippen molar-refractivity contribution < 1.29 is 9.47 Å². The molecule has 1 aliphatic rings. The highest BCUT2D eigenvalue weighted by Gasteiger charge is 2.22. The van der Waals surface area contributed by atoms with E-state index in [1.165, 1.54) is 15.6 Å². The fraction of sp³-hybridized carbons (Fsp3) is 0.240. The van der Waals surface area contributed by atoms with Crippen molar-refractivity contribution >= 4 is 32.7 Å². The Morgan fingerprint density at radius 1 is 1.03 bits per heavy atom. The quantitative estimate of drug-likeness (QED) is 0.372. The maximum absolute atomic E-state index is 5.47. The Kier molecular flexibility index (Phi) is 5.66. The van der Waals surface area contributed by atoms with Crippen molar-refractivity contribution in [1.29, 1.82) is 0 Å². The third-order valence-corrected chi connectivity index (χ3v) is 6.73. The molecule has 0 bridgehead atoms. The predicted molar refractivity (Wildman–Crippen MR) is 129 cm³/mol. The van der Waals surface area contributed by atoms with Crippen LogP contribution in [0.2, 0.25) is 0 Å². The summed E-state index contributed by atoms with van der Waals surface area (Å²) in [7, 11) is 3.24. The van der Waals surface area contributed by atoms with Gasteiger partial charge in [0.15, 0.2) is 11.5 Å². The highest BCUT2D eigenvalue weighted by atomic mass is 79.9. The normalized spacial score (nSPS) is 15.3. The summed E-state index contributed by atoms with van der Waals surface area (Å²) in [6, 6.07) is 14.5. The summed E-state index contributed by atoms with van der Waals surface area (Å²) in [6.07, 6.45) is 6.99. The van der Waals surface area contributed by atoms with Crippen molar-refractivity contribution in [2.75, 3.05) is 19.5 Å².